The second-order valence-corrected chi connectivity index (χ2v) is 7.34. The van der Waals surface area contributed by atoms with Crippen LogP contribution in [0.2, 0.25) is 0 Å². The largest absolute Gasteiger partial charge is 0.373 e. The highest BCUT2D eigenvalue weighted by atomic mass is 32.2. The summed E-state index contributed by atoms with van der Waals surface area (Å²) in [5.74, 6) is 0. The Labute approximate surface area is 128 Å². The van der Waals surface area contributed by atoms with Crippen molar-refractivity contribution in [2.24, 2.45) is 0 Å². The number of nitrogens with one attached hydrogen (secondary N) is 1. The van der Waals surface area contributed by atoms with E-state index in [-0.39, 0.29) is 23.3 Å². The zero-order valence-electron chi connectivity index (χ0n) is 11.8. The van der Waals surface area contributed by atoms with Gasteiger partial charge in [-0.1, -0.05) is 23.4 Å². The number of aromatic nitrogens is 3. The van der Waals surface area contributed by atoms with E-state index in [2.05, 4.69) is 15.0 Å². The molecular formula is C14H16N4O3S. The number of rotatable bonds is 4. The third-order valence-electron chi connectivity index (χ3n) is 4.18. The molecular weight excluding hydrogens is 304 g/mol. The summed E-state index contributed by atoms with van der Waals surface area (Å²) >= 11 is 0. The van der Waals surface area contributed by atoms with Crippen LogP contribution in [-0.4, -0.2) is 41.7 Å². The van der Waals surface area contributed by atoms with Crippen molar-refractivity contribution in [2.75, 3.05) is 0 Å². The average Bonchev–Trinajstić information content (AvgIpc) is 3.24. The maximum absolute atomic E-state index is 12.4. The van der Waals surface area contributed by atoms with Crippen LogP contribution in [0.15, 0.2) is 41.6 Å². The molecule has 8 heteroatoms. The molecule has 2 aliphatic heterocycles. The molecule has 3 atom stereocenters. The van der Waals surface area contributed by atoms with Crippen molar-refractivity contribution in [3.8, 4) is 5.69 Å². The fraction of sp³-hybridized carbons (Fsp3) is 0.429. The minimum Gasteiger partial charge on any atom is -0.373 e. The lowest BCUT2D eigenvalue weighted by atomic mass is 9.96. The summed E-state index contributed by atoms with van der Waals surface area (Å²) in [5, 5.41) is 7.61. The van der Waals surface area contributed by atoms with Gasteiger partial charge in [-0.3, -0.25) is 0 Å². The van der Waals surface area contributed by atoms with Crippen LogP contribution in [0.5, 0.6) is 0 Å². The minimum atomic E-state index is -3.68. The second-order valence-electron chi connectivity index (χ2n) is 5.67. The first-order valence-electron chi connectivity index (χ1n) is 7.27. The number of benzene rings is 1. The molecule has 0 saturated carbocycles. The van der Waals surface area contributed by atoms with Gasteiger partial charge in [0.25, 0.3) is 10.0 Å². The molecule has 7 nitrogen and oxygen atoms in total. The van der Waals surface area contributed by atoms with Crippen molar-refractivity contribution in [3.63, 3.8) is 0 Å². The Morgan fingerprint density at radius 3 is 2.73 bits per heavy atom. The van der Waals surface area contributed by atoms with E-state index < -0.39 is 10.0 Å². The number of sulfonamides is 1. The van der Waals surface area contributed by atoms with Gasteiger partial charge >= 0.3 is 0 Å². The van der Waals surface area contributed by atoms with Gasteiger partial charge in [-0.25, -0.2) is 17.8 Å². The lowest BCUT2D eigenvalue weighted by Crippen LogP contribution is -2.41. The molecule has 4 rings (SSSR count). The number of fused-ring (bicyclic) bond motifs is 2. The number of hydrogen-bond acceptors (Lipinski definition) is 5. The molecule has 0 unspecified atom stereocenters. The molecule has 1 N–H and O–H groups in total. The van der Waals surface area contributed by atoms with Crippen LogP contribution in [0.3, 0.4) is 0 Å². The molecule has 0 aliphatic carbocycles. The van der Waals surface area contributed by atoms with Crippen LogP contribution in [0.25, 0.3) is 5.69 Å². The van der Waals surface area contributed by atoms with E-state index in [0.29, 0.717) is 0 Å². The maximum atomic E-state index is 12.4. The zero-order chi connectivity index (χ0) is 15.2. The van der Waals surface area contributed by atoms with Crippen LogP contribution in [0.1, 0.15) is 19.3 Å². The number of ether oxygens (including phenoxy) is 1. The third kappa shape index (κ3) is 2.43. The van der Waals surface area contributed by atoms with Gasteiger partial charge in [-0.15, -0.1) is 5.10 Å². The molecule has 0 spiro atoms. The Balaban J connectivity index is 1.55. The van der Waals surface area contributed by atoms with E-state index >= 15 is 0 Å². The van der Waals surface area contributed by atoms with Gasteiger partial charge in [0.2, 0.25) is 5.03 Å². The van der Waals surface area contributed by atoms with E-state index in [0.717, 1.165) is 24.9 Å². The van der Waals surface area contributed by atoms with Crippen LogP contribution in [-0.2, 0) is 14.8 Å². The molecule has 2 fully saturated rings. The van der Waals surface area contributed by atoms with Crippen molar-refractivity contribution < 1.29 is 13.2 Å². The van der Waals surface area contributed by atoms with Gasteiger partial charge in [0.05, 0.1) is 30.1 Å². The number of nitrogens with zero attached hydrogens (tertiary/aromatic N) is 3. The summed E-state index contributed by atoms with van der Waals surface area (Å²) in [7, 11) is -3.68. The monoisotopic (exact) mass is 320 g/mol. The van der Waals surface area contributed by atoms with Crippen LogP contribution < -0.4 is 4.72 Å². The van der Waals surface area contributed by atoms with E-state index in [1.54, 1.807) is 0 Å². The fourth-order valence-corrected chi connectivity index (χ4v) is 4.25. The Morgan fingerprint density at radius 2 is 2.05 bits per heavy atom. The molecule has 1 aromatic carbocycles. The summed E-state index contributed by atoms with van der Waals surface area (Å²) < 4.78 is 34.7. The van der Waals surface area contributed by atoms with Crippen molar-refractivity contribution in [3.05, 3.63) is 36.5 Å². The normalized spacial score (nSPS) is 27.4. The average molecular weight is 320 g/mol. The summed E-state index contributed by atoms with van der Waals surface area (Å²) in [6, 6.07) is 9.11. The Kier molecular flexibility index (Phi) is 3.24. The van der Waals surface area contributed by atoms with Gasteiger partial charge in [-0.05, 0) is 31.4 Å². The van der Waals surface area contributed by atoms with Crippen LogP contribution in [0.4, 0.5) is 0 Å². The molecule has 2 bridgehead atoms. The number of para-hydroxylation sites is 1. The van der Waals surface area contributed by atoms with Crippen LogP contribution >= 0.6 is 0 Å². The topological polar surface area (TPSA) is 86.1 Å². The minimum absolute atomic E-state index is 0.0102. The highest BCUT2D eigenvalue weighted by Gasteiger charge is 2.42. The van der Waals surface area contributed by atoms with Crippen molar-refractivity contribution in [1.29, 1.82) is 0 Å². The molecule has 1 aromatic heterocycles. The summed E-state index contributed by atoms with van der Waals surface area (Å²) in [4.78, 5) is 0. The van der Waals surface area contributed by atoms with Gasteiger partial charge in [0.15, 0.2) is 0 Å². The molecule has 2 aromatic rings. The van der Waals surface area contributed by atoms with E-state index in [4.69, 9.17) is 4.74 Å². The van der Waals surface area contributed by atoms with E-state index in [9.17, 15) is 8.42 Å². The predicted molar refractivity (Wildman–Crippen MR) is 78.0 cm³/mol. The molecule has 0 radical (unpaired) electrons. The smallest absolute Gasteiger partial charge is 0.261 e. The second kappa shape index (κ2) is 5.15. The zero-order valence-corrected chi connectivity index (χ0v) is 12.6. The maximum Gasteiger partial charge on any atom is 0.261 e. The lowest BCUT2D eigenvalue weighted by molar-refractivity contribution is 0.0996. The first-order valence-corrected chi connectivity index (χ1v) is 8.76. The highest BCUT2D eigenvalue weighted by molar-refractivity contribution is 7.89. The molecule has 2 saturated heterocycles. The quantitative estimate of drug-likeness (QED) is 0.903. The summed E-state index contributed by atoms with van der Waals surface area (Å²) in [6.45, 7) is 0. The lowest BCUT2D eigenvalue weighted by Gasteiger charge is -2.18. The van der Waals surface area contributed by atoms with E-state index in [1.807, 2.05) is 30.3 Å². The predicted octanol–water partition coefficient (Wildman–Crippen LogP) is 0.865. The van der Waals surface area contributed by atoms with Crippen molar-refractivity contribution in [1.82, 2.24) is 19.7 Å². The Bertz CT molecular complexity index is 774. The van der Waals surface area contributed by atoms with Gasteiger partial charge < -0.3 is 4.74 Å². The first kappa shape index (κ1) is 13.9. The fourth-order valence-electron chi connectivity index (χ4n) is 3.10. The molecule has 116 valence electrons. The van der Waals surface area contributed by atoms with E-state index in [1.165, 1.54) is 10.9 Å². The van der Waals surface area contributed by atoms with Crippen molar-refractivity contribution >= 4 is 10.0 Å². The van der Waals surface area contributed by atoms with Gasteiger partial charge in [0.1, 0.15) is 0 Å². The molecule has 2 aliphatic rings. The SMILES string of the molecule is O=S(=O)(N[C@@H]1C[C@@H]2CC[C@H]1O2)c1cn(-c2ccccc2)nn1. The summed E-state index contributed by atoms with van der Waals surface area (Å²) in [5.41, 5.74) is 0.764. The van der Waals surface area contributed by atoms with Gasteiger partial charge in [0, 0.05) is 0 Å². The Hall–Kier alpha value is -1.77. The number of hydrogen-bond donors (Lipinski definition) is 1. The third-order valence-corrected chi connectivity index (χ3v) is 5.53. The standard InChI is InChI=1S/C14H16N4O3S/c19-22(20,16-12-8-11-6-7-13(12)21-11)14-9-18(17-15-14)10-4-2-1-3-5-10/h1-5,9,11-13,16H,6-8H2/t11-,12+,13+/m0/s1. The summed E-state index contributed by atoms with van der Waals surface area (Å²) in [6.07, 6.45) is 4.27. The molecule has 22 heavy (non-hydrogen) atoms. The first-order chi connectivity index (χ1) is 10.6. The molecule has 0 amide bonds. The Morgan fingerprint density at radius 1 is 1.23 bits per heavy atom. The van der Waals surface area contributed by atoms with Gasteiger partial charge in [-0.2, -0.15) is 0 Å². The van der Waals surface area contributed by atoms with Crippen molar-refractivity contribution in [2.45, 2.75) is 42.5 Å². The molecule has 3 heterocycles. The van der Waals surface area contributed by atoms with Crippen LogP contribution in [0, 0.1) is 0 Å². The highest BCUT2D eigenvalue weighted by Crippen LogP contribution is 2.34.